The van der Waals surface area contributed by atoms with Crippen LogP contribution in [0.15, 0.2) is 64.5 Å². The van der Waals surface area contributed by atoms with Crippen molar-refractivity contribution in [3.8, 4) is 5.69 Å². The van der Waals surface area contributed by atoms with Crippen LogP contribution in [0.5, 0.6) is 0 Å². The quantitative estimate of drug-likeness (QED) is 0.261. The Morgan fingerprint density at radius 3 is 2.66 bits per heavy atom. The van der Waals surface area contributed by atoms with Gasteiger partial charge in [0.2, 0.25) is 5.43 Å². The van der Waals surface area contributed by atoms with Gasteiger partial charge in [-0.05, 0) is 38.0 Å². The number of benzene rings is 2. The van der Waals surface area contributed by atoms with E-state index < -0.39 is 0 Å². The minimum absolute atomic E-state index is 0.0111. The number of aromatic nitrogens is 2. The lowest BCUT2D eigenvalue weighted by Gasteiger charge is -2.27. The van der Waals surface area contributed by atoms with Gasteiger partial charge in [-0.25, -0.2) is 4.98 Å². The monoisotopic (exact) mass is 505 g/mol. The summed E-state index contributed by atoms with van der Waals surface area (Å²) in [7, 11) is 0. The Morgan fingerprint density at radius 2 is 1.91 bits per heavy atom. The van der Waals surface area contributed by atoms with Crippen LogP contribution < -0.4 is 5.43 Å². The van der Waals surface area contributed by atoms with E-state index in [0.717, 1.165) is 52.6 Å². The van der Waals surface area contributed by atoms with Crippen LogP contribution in [0.4, 0.5) is 0 Å². The van der Waals surface area contributed by atoms with Gasteiger partial charge in [-0.15, -0.1) is 11.3 Å². The highest BCUT2D eigenvalue weighted by Crippen LogP contribution is 2.33. The van der Waals surface area contributed by atoms with Crippen LogP contribution in [-0.4, -0.2) is 39.3 Å². The van der Waals surface area contributed by atoms with Gasteiger partial charge in [0.25, 0.3) is 0 Å². The van der Waals surface area contributed by atoms with E-state index in [9.17, 15) is 9.59 Å². The lowest BCUT2D eigenvalue weighted by atomic mass is 10.1. The van der Waals surface area contributed by atoms with Crippen LogP contribution in [0.2, 0.25) is 0 Å². The number of ether oxygens (including phenoxy) is 1. The third kappa shape index (κ3) is 5.05. The Hall–Kier alpha value is -2.94. The zero-order valence-electron chi connectivity index (χ0n) is 19.8. The van der Waals surface area contributed by atoms with Crippen molar-refractivity contribution in [3.63, 3.8) is 0 Å². The molecule has 1 aliphatic rings. The Kier molecular flexibility index (Phi) is 7.04. The number of imidazole rings is 1. The van der Waals surface area contributed by atoms with E-state index in [1.807, 2.05) is 41.8 Å². The van der Waals surface area contributed by atoms with Gasteiger partial charge in [-0.2, -0.15) is 0 Å². The smallest absolute Gasteiger partial charge is 0.316 e. The first kappa shape index (κ1) is 23.8. The molecular formula is C27H27N3O3S2. The molecule has 0 N–H and O–H groups in total. The Balaban J connectivity index is 1.55. The molecule has 2 aromatic heterocycles. The Bertz CT molecular complexity index is 1410. The number of carbonyl (C=O) groups is 1. The molecule has 3 heterocycles. The SMILES string of the molecule is CCOC(=O)CSc1nc2c(=O)c3c(sc2n1-c1ccc(C)cc1)CN(Cc1ccccc1)CC3. The van der Waals surface area contributed by atoms with Crippen molar-refractivity contribution in [2.75, 3.05) is 18.9 Å². The summed E-state index contributed by atoms with van der Waals surface area (Å²) in [5.41, 5.74) is 4.72. The molecule has 6 nitrogen and oxygen atoms in total. The maximum Gasteiger partial charge on any atom is 0.316 e. The fraction of sp³-hybridized carbons (Fsp3) is 0.296. The van der Waals surface area contributed by atoms with Crippen molar-refractivity contribution < 1.29 is 9.53 Å². The van der Waals surface area contributed by atoms with Crippen LogP contribution in [0.3, 0.4) is 0 Å². The largest absolute Gasteiger partial charge is 0.465 e. The summed E-state index contributed by atoms with van der Waals surface area (Å²) in [6.45, 7) is 6.62. The van der Waals surface area contributed by atoms with Gasteiger partial charge in [-0.1, -0.05) is 59.8 Å². The Labute approximate surface area is 212 Å². The number of nitrogens with zero attached hydrogens (tertiary/aromatic N) is 3. The molecule has 0 bridgehead atoms. The molecule has 0 atom stereocenters. The average molecular weight is 506 g/mol. The number of carbonyl (C=O) groups excluding carboxylic acids is 1. The van der Waals surface area contributed by atoms with Gasteiger partial charge < -0.3 is 4.74 Å². The van der Waals surface area contributed by atoms with E-state index in [4.69, 9.17) is 9.72 Å². The van der Waals surface area contributed by atoms with E-state index in [-0.39, 0.29) is 17.2 Å². The molecule has 180 valence electrons. The molecule has 0 saturated carbocycles. The number of thioether (sulfide) groups is 1. The molecule has 0 unspecified atom stereocenters. The van der Waals surface area contributed by atoms with Crippen LogP contribution >= 0.6 is 23.1 Å². The molecule has 0 aliphatic carbocycles. The molecule has 8 heteroatoms. The second kappa shape index (κ2) is 10.4. The molecular weight excluding hydrogens is 478 g/mol. The van der Waals surface area contributed by atoms with E-state index in [2.05, 4.69) is 29.2 Å². The van der Waals surface area contributed by atoms with Crippen molar-refractivity contribution in [1.82, 2.24) is 14.5 Å². The molecule has 5 rings (SSSR count). The van der Waals surface area contributed by atoms with Crippen molar-refractivity contribution in [2.24, 2.45) is 0 Å². The highest BCUT2D eigenvalue weighted by atomic mass is 32.2. The van der Waals surface area contributed by atoms with Crippen LogP contribution in [0.25, 0.3) is 16.0 Å². The molecule has 4 aromatic rings. The van der Waals surface area contributed by atoms with Gasteiger partial charge in [-0.3, -0.25) is 19.1 Å². The van der Waals surface area contributed by atoms with E-state index >= 15 is 0 Å². The molecule has 0 radical (unpaired) electrons. The summed E-state index contributed by atoms with van der Waals surface area (Å²) in [5.74, 6) is -0.145. The normalized spacial score (nSPS) is 13.7. The zero-order valence-corrected chi connectivity index (χ0v) is 21.5. The molecule has 0 spiro atoms. The summed E-state index contributed by atoms with van der Waals surface area (Å²) in [5, 5.41) is 0.633. The number of aryl methyl sites for hydroxylation is 1. The number of fused-ring (bicyclic) bond motifs is 2. The van der Waals surface area contributed by atoms with Crippen molar-refractivity contribution in [1.29, 1.82) is 0 Å². The van der Waals surface area contributed by atoms with Crippen molar-refractivity contribution in [2.45, 2.75) is 38.5 Å². The first-order chi connectivity index (χ1) is 17.0. The lowest BCUT2D eigenvalue weighted by molar-refractivity contribution is -0.139. The van der Waals surface area contributed by atoms with Gasteiger partial charge in [0.1, 0.15) is 10.3 Å². The van der Waals surface area contributed by atoms with Crippen LogP contribution in [0, 0.1) is 6.92 Å². The van der Waals surface area contributed by atoms with Gasteiger partial charge in [0, 0.05) is 35.8 Å². The first-order valence-electron chi connectivity index (χ1n) is 11.7. The topological polar surface area (TPSA) is 64.4 Å². The van der Waals surface area contributed by atoms with Gasteiger partial charge in [0.15, 0.2) is 5.16 Å². The number of hydrogen-bond acceptors (Lipinski definition) is 7. The lowest BCUT2D eigenvalue weighted by Crippen LogP contribution is -2.32. The molecule has 0 amide bonds. The summed E-state index contributed by atoms with van der Waals surface area (Å²) in [4.78, 5) is 34.6. The summed E-state index contributed by atoms with van der Waals surface area (Å²) in [6, 6.07) is 18.6. The van der Waals surface area contributed by atoms with Crippen LogP contribution in [-0.2, 0) is 29.0 Å². The standard InChI is InChI=1S/C27H27N3O3S2/c1-3-33-23(31)17-34-27-28-24-25(32)21-13-14-29(15-19-7-5-4-6-8-19)16-22(21)35-26(24)30(27)20-11-9-18(2)10-12-20/h4-12H,3,13-17H2,1-2H3. The highest BCUT2D eigenvalue weighted by Gasteiger charge is 2.25. The van der Waals surface area contributed by atoms with Gasteiger partial charge in [0.05, 0.1) is 12.4 Å². The third-order valence-corrected chi connectivity index (χ3v) is 8.16. The summed E-state index contributed by atoms with van der Waals surface area (Å²) >= 11 is 2.95. The van der Waals surface area contributed by atoms with Crippen molar-refractivity contribution >= 4 is 39.4 Å². The maximum atomic E-state index is 13.5. The molecule has 0 fully saturated rings. The predicted octanol–water partition coefficient (Wildman–Crippen LogP) is 4.97. The maximum absolute atomic E-state index is 13.5. The number of esters is 1. The fourth-order valence-electron chi connectivity index (χ4n) is 4.33. The predicted molar refractivity (Wildman–Crippen MR) is 142 cm³/mol. The molecule has 35 heavy (non-hydrogen) atoms. The van der Waals surface area contributed by atoms with E-state index in [0.29, 0.717) is 17.3 Å². The second-order valence-electron chi connectivity index (χ2n) is 8.59. The molecule has 2 aromatic carbocycles. The first-order valence-corrected chi connectivity index (χ1v) is 13.5. The molecule has 1 aliphatic heterocycles. The average Bonchev–Trinajstić information content (AvgIpc) is 3.23. The summed E-state index contributed by atoms with van der Waals surface area (Å²) < 4.78 is 7.12. The zero-order chi connectivity index (χ0) is 24.4. The van der Waals surface area contributed by atoms with Crippen LogP contribution in [0.1, 0.15) is 28.5 Å². The summed E-state index contributed by atoms with van der Waals surface area (Å²) in [6.07, 6.45) is 0.718. The highest BCUT2D eigenvalue weighted by molar-refractivity contribution is 7.99. The van der Waals surface area contributed by atoms with E-state index in [1.165, 1.54) is 17.3 Å². The minimum atomic E-state index is -0.290. The minimum Gasteiger partial charge on any atom is -0.465 e. The Morgan fingerprint density at radius 1 is 1.14 bits per heavy atom. The number of rotatable bonds is 7. The second-order valence-corrected chi connectivity index (χ2v) is 10.6. The third-order valence-electron chi connectivity index (χ3n) is 6.06. The van der Waals surface area contributed by atoms with Crippen molar-refractivity contribution in [3.05, 3.63) is 86.4 Å². The van der Waals surface area contributed by atoms with Gasteiger partial charge >= 0.3 is 5.97 Å². The number of hydrogen-bond donors (Lipinski definition) is 0. The molecule has 0 saturated heterocycles. The fourth-order valence-corrected chi connectivity index (χ4v) is 6.52. The van der Waals surface area contributed by atoms with E-state index in [1.54, 1.807) is 18.3 Å².